The van der Waals surface area contributed by atoms with Gasteiger partial charge >= 0.3 is 0 Å². The highest BCUT2D eigenvalue weighted by molar-refractivity contribution is 5.39. The normalized spacial score (nSPS) is 12.2. The van der Waals surface area contributed by atoms with Gasteiger partial charge in [-0.15, -0.1) is 0 Å². The quantitative estimate of drug-likeness (QED) is 0.908. The van der Waals surface area contributed by atoms with Crippen molar-refractivity contribution in [2.24, 2.45) is 0 Å². The van der Waals surface area contributed by atoms with E-state index in [4.69, 9.17) is 4.74 Å². The number of nitrogens with one attached hydrogen (secondary N) is 1. The predicted molar refractivity (Wildman–Crippen MR) is 79.8 cm³/mol. The first kappa shape index (κ1) is 14.5. The number of hydrogen-bond donors (Lipinski definition) is 1. The molecule has 1 aromatic heterocycles. The van der Waals surface area contributed by atoms with Gasteiger partial charge < -0.3 is 10.1 Å². The molecule has 1 heterocycles. The molecular weight excluding hydrogens is 250 g/mol. The Morgan fingerprint density at radius 2 is 2.00 bits per heavy atom. The standard InChI is InChI=1S/C16H21N3O/c1-11-5-6-15(16(7-11)20-4)13(3)18-10-14-9-17-12(2)8-19-14/h5-9,13,18H,10H2,1-4H3. The molecule has 4 nitrogen and oxygen atoms in total. The number of ether oxygens (including phenoxy) is 1. The molecule has 4 heteroatoms. The van der Waals surface area contributed by atoms with Crippen molar-refractivity contribution in [3.63, 3.8) is 0 Å². The van der Waals surface area contributed by atoms with Crippen LogP contribution in [0, 0.1) is 13.8 Å². The van der Waals surface area contributed by atoms with E-state index in [9.17, 15) is 0 Å². The highest BCUT2D eigenvalue weighted by Gasteiger charge is 2.11. The van der Waals surface area contributed by atoms with Gasteiger partial charge in [0.15, 0.2) is 0 Å². The highest BCUT2D eigenvalue weighted by atomic mass is 16.5. The number of rotatable bonds is 5. The van der Waals surface area contributed by atoms with Crippen LogP contribution >= 0.6 is 0 Å². The lowest BCUT2D eigenvalue weighted by Gasteiger charge is -2.17. The number of methoxy groups -OCH3 is 1. The molecule has 1 aromatic carbocycles. The monoisotopic (exact) mass is 271 g/mol. The van der Waals surface area contributed by atoms with Crippen LogP contribution in [0.4, 0.5) is 0 Å². The van der Waals surface area contributed by atoms with Crippen LogP contribution in [0.5, 0.6) is 5.75 Å². The summed E-state index contributed by atoms with van der Waals surface area (Å²) in [7, 11) is 1.70. The summed E-state index contributed by atoms with van der Waals surface area (Å²) < 4.78 is 5.45. The lowest BCUT2D eigenvalue weighted by molar-refractivity contribution is 0.401. The molecular formula is C16H21N3O. The van der Waals surface area contributed by atoms with E-state index in [1.807, 2.05) is 6.92 Å². The lowest BCUT2D eigenvalue weighted by Crippen LogP contribution is -2.19. The zero-order valence-electron chi connectivity index (χ0n) is 12.5. The predicted octanol–water partition coefficient (Wildman–Crippen LogP) is 2.95. The Bertz CT molecular complexity index is 566. The van der Waals surface area contributed by atoms with Crippen LogP contribution in [0.25, 0.3) is 0 Å². The van der Waals surface area contributed by atoms with Crippen molar-refractivity contribution in [1.82, 2.24) is 15.3 Å². The fraction of sp³-hybridized carbons (Fsp3) is 0.375. The summed E-state index contributed by atoms with van der Waals surface area (Å²) in [5, 5.41) is 3.45. The maximum Gasteiger partial charge on any atom is 0.123 e. The number of hydrogen-bond acceptors (Lipinski definition) is 4. The Morgan fingerprint density at radius 3 is 2.65 bits per heavy atom. The van der Waals surface area contributed by atoms with E-state index in [0.717, 1.165) is 22.7 Å². The van der Waals surface area contributed by atoms with E-state index in [1.165, 1.54) is 5.56 Å². The molecule has 20 heavy (non-hydrogen) atoms. The largest absolute Gasteiger partial charge is 0.496 e. The lowest BCUT2D eigenvalue weighted by atomic mass is 10.0. The molecule has 0 amide bonds. The van der Waals surface area contributed by atoms with Crippen LogP contribution in [0.3, 0.4) is 0 Å². The number of benzene rings is 1. The van der Waals surface area contributed by atoms with Crippen LogP contribution in [0.2, 0.25) is 0 Å². The van der Waals surface area contributed by atoms with Crippen molar-refractivity contribution in [3.8, 4) is 5.75 Å². The average Bonchev–Trinajstić information content (AvgIpc) is 2.46. The third-order valence-corrected chi connectivity index (χ3v) is 3.28. The molecule has 0 fully saturated rings. The molecule has 106 valence electrons. The second kappa shape index (κ2) is 6.48. The van der Waals surface area contributed by atoms with Crippen LogP contribution in [-0.2, 0) is 6.54 Å². The van der Waals surface area contributed by atoms with Gasteiger partial charge in [-0.05, 0) is 32.4 Å². The van der Waals surface area contributed by atoms with Gasteiger partial charge in [-0.1, -0.05) is 12.1 Å². The van der Waals surface area contributed by atoms with Gasteiger partial charge in [-0.3, -0.25) is 9.97 Å². The summed E-state index contributed by atoms with van der Waals surface area (Å²) in [4.78, 5) is 8.59. The molecule has 0 aliphatic carbocycles. The zero-order valence-corrected chi connectivity index (χ0v) is 12.5. The molecule has 0 saturated heterocycles. The van der Waals surface area contributed by atoms with Gasteiger partial charge in [0.1, 0.15) is 5.75 Å². The summed E-state index contributed by atoms with van der Waals surface area (Å²) in [5.74, 6) is 0.917. The van der Waals surface area contributed by atoms with Gasteiger partial charge in [-0.2, -0.15) is 0 Å². The summed E-state index contributed by atoms with van der Waals surface area (Å²) in [6, 6.07) is 6.45. The van der Waals surface area contributed by atoms with E-state index < -0.39 is 0 Å². The van der Waals surface area contributed by atoms with Crippen LogP contribution < -0.4 is 10.1 Å². The minimum Gasteiger partial charge on any atom is -0.496 e. The van der Waals surface area contributed by atoms with E-state index >= 15 is 0 Å². The fourth-order valence-electron chi connectivity index (χ4n) is 2.05. The fourth-order valence-corrected chi connectivity index (χ4v) is 2.05. The first-order chi connectivity index (χ1) is 9.60. The molecule has 0 bridgehead atoms. The Kier molecular flexibility index (Phi) is 4.69. The van der Waals surface area contributed by atoms with Gasteiger partial charge in [-0.25, -0.2) is 0 Å². The Hall–Kier alpha value is -1.94. The third kappa shape index (κ3) is 3.54. The number of aromatic nitrogens is 2. The van der Waals surface area contributed by atoms with Gasteiger partial charge in [0, 0.05) is 30.5 Å². The molecule has 0 spiro atoms. The Labute approximate surface area is 120 Å². The maximum atomic E-state index is 5.45. The van der Waals surface area contributed by atoms with Crippen molar-refractivity contribution in [2.45, 2.75) is 33.4 Å². The van der Waals surface area contributed by atoms with Crippen molar-refractivity contribution in [1.29, 1.82) is 0 Å². The molecule has 1 atom stereocenters. The van der Waals surface area contributed by atoms with Gasteiger partial charge in [0.2, 0.25) is 0 Å². The third-order valence-electron chi connectivity index (χ3n) is 3.28. The van der Waals surface area contributed by atoms with E-state index in [1.54, 1.807) is 19.5 Å². The molecule has 1 unspecified atom stereocenters. The zero-order chi connectivity index (χ0) is 14.5. The minimum absolute atomic E-state index is 0.189. The van der Waals surface area contributed by atoms with Crippen LogP contribution in [-0.4, -0.2) is 17.1 Å². The number of nitrogens with zero attached hydrogens (tertiary/aromatic N) is 2. The highest BCUT2D eigenvalue weighted by Crippen LogP contribution is 2.26. The Morgan fingerprint density at radius 1 is 1.20 bits per heavy atom. The van der Waals surface area contributed by atoms with Gasteiger partial charge in [0.25, 0.3) is 0 Å². The molecule has 2 rings (SSSR count). The molecule has 0 saturated carbocycles. The SMILES string of the molecule is COc1cc(C)ccc1C(C)NCc1cnc(C)cn1. The average molecular weight is 271 g/mol. The van der Waals surface area contributed by atoms with Gasteiger partial charge in [0.05, 0.1) is 18.5 Å². The topological polar surface area (TPSA) is 47.0 Å². The van der Waals surface area contributed by atoms with Crippen LogP contribution in [0.15, 0.2) is 30.6 Å². The summed E-state index contributed by atoms with van der Waals surface area (Å²) in [5.41, 5.74) is 4.22. The molecule has 0 radical (unpaired) electrons. The van der Waals surface area contributed by atoms with E-state index in [-0.39, 0.29) is 6.04 Å². The van der Waals surface area contributed by atoms with E-state index in [0.29, 0.717) is 6.54 Å². The number of aryl methyl sites for hydroxylation is 2. The first-order valence-corrected chi connectivity index (χ1v) is 6.75. The second-order valence-electron chi connectivity index (χ2n) is 5.00. The molecule has 1 N–H and O–H groups in total. The molecule has 2 aromatic rings. The summed E-state index contributed by atoms with van der Waals surface area (Å²) in [6.45, 7) is 6.80. The summed E-state index contributed by atoms with van der Waals surface area (Å²) in [6.07, 6.45) is 3.59. The second-order valence-corrected chi connectivity index (χ2v) is 5.00. The minimum atomic E-state index is 0.189. The molecule has 0 aliphatic rings. The smallest absolute Gasteiger partial charge is 0.123 e. The van der Waals surface area contributed by atoms with Crippen LogP contribution in [0.1, 0.15) is 35.5 Å². The van der Waals surface area contributed by atoms with E-state index in [2.05, 4.69) is 47.3 Å². The maximum absolute atomic E-state index is 5.45. The first-order valence-electron chi connectivity index (χ1n) is 6.75. The van der Waals surface area contributed by atoms with Crippen molar-refractivity contribution >= 4 is 0 Å². The van der Waals surface area contributed by atoms with Crippen molar-refractivity contribution in [2.75, 3.05) is 7.11 Å². The summed E-state index contributed by atoms with van der Waals surface area (Å²) >= 11 is 0. The van der Waals surface area contributed by atoms with Crippen molar-refractivity contribution in [3.05, 3.63) is 53.1 Å². The molecule has 0 aliphatic heterocycles. The Balaban J connectivity index is 2.04. The van der Waals surface area contributed by atoms with Crippen molar-refractivity contribution < 1.29 is 4.74 Å².